The van der Waals surface area contributed by atoms with E-state index in [4.69, 9.17) is 28.4 Å². The number of carbonyl (C=O) groups excluding carboxylic acids is 4. The molecule has 2 aromatic carbocycles. The number of benzene rings is 2. The molecule has 1 aliphatic rings. The Morgan fingerprint density at radius 2 is 1.02 bits per heavy atom. The van der Waals surface area contributed by atoms with Crippen LogP contribution in [0.2, 0.25) is 0 Å². The first-order valence-corrected chi connectivity index (χ1v) is 12.8. The Morgan fingerprint density at radius 1 is 0.650 bits per heavy atom. The zero-order valence-electron chi connectivity index (χ0n) is 23.1. The third kappa shape index (κ3) is 7.78. The van der Waals surface area contributed by atoms with Gasteiger partial charge in [-0.05, 0) is 38.1 Å². The Balaban J connectivity index is 1.46. The molecule has 1 saturated heterocycles. The lowest BCUT2D eigenvalue weighted by atomic mass is 10.2. The molecule has 2 amide bonds. The molecule has 2 aromatic rings. The van der Waals surface area contributed by atoms with Gasteiger partial charge in [0.25, 0.3) is 11.8 Å². The predicted octanol–water partition coefficient (Wildman–Crippen LogP) is 2.19. The van der Waals surface area contributed by atoms with Crippen molar-refractivity contribution in [2.75, 3.05) is 66.8 Å². The van der Waals surface area contributed by atoms with E-state index in [9.17, 15) is 19.2 Å². The quantitative estimate of drug-likeness (QED) is 0.357. The average Bonchev–Trinajstić information content (AvgIpc) is 2.98. The summed E-state index contributed by atoms with van der Waals surface area (Å²) < 4.78 is 31.7. The summed E-state index contributed by atoms with van der Waals surface area (Å²) in [5, 5.41) is 0. The molecule has 12 heteroatoms. The van der Waals surface area contributed by atoms with Crippen LogP contribution in [0.15, 0.2) is 36.4 Å². The smallest absolute Gasteiger partial charge is 0.341 e. The second-order valence-corrected chi connectivity index (χ2v) is 8.50. The molecule has 1 aliphatic heterocycles. The first kappa shape index (κ1) is 30.1. The van der Waals surface area contributed by atoms with Crippen molar-refractivity contribution < 1.29 is 47.6 Å². The number of ether oxygens (including phenoxy) is 6. The maximum atomic E-state index is 12.7. The van der Waals surface area contributed by atoms with Crippen molar-refractivity contribution in [2.45, 2.75) is 13.8 Å². The van der Waals surface area contributed by atoms with Crippen LogP contribution in [0.1, 0.15) is 34.6 Å². The summed E-state index contributed by atoms with van der Waals surface area (Å²) in [7, 11) is 2.86. The maximum absolute atomic E-state index is 12.7. The molecule has 0 spiro atoms. The number of carbonyl (C=O) groups is 4. The van der Waals surface area contributed by atoms with Gasteiger partial charge in [0, 0.05) is 38.3 Å². The van der Waals surface area contributed by atoms with Gasteiger partial charge in [0.1, 0.15) is 34.1 Å². The van der Waals surface area contributed by atoms with Crippen molar-refractivity contribution >= 4 is 23.8 Å². The molecule has 1 fully saturated rings. The van der Waals surface area contributed by atoms with Gasteiger partial charge in [-0.25, -0.2) is 9.59 Å². The summed E-state index contributed by atoms with van der Waals surface area (Å²) >= 11 is 0. The summed E-state index contributed by atoms with van der Waals surface area (Å²) in [5.41, 5.74) is 0.529. The van der Waals surface area contributed by atoms with Crippen molar-refractivity contribution in [1.29, 1.82) is 0 Å². The summed E-state index contributed by atoms with van der Waals surface area (Å²) in [6, 6.07) is 9.23. The van der Waals surface area contributed by atoms with Crippen LogP contribution in [0.5, 0.6) is 23.0 Å². The Labute approximate surface area is 232 Å². The third-order valence-corrected chi connectivity index (χ3v) is 6.05. The van der Waals surface area contributed by atoms with E-state index in [2.05, 4.69) is 0 Å². The molecule has 1 heterocycles. The molecule has 40 heavy (non-hydrogen) atoms. The molecule has 0 bridgehead atoms. The lowest BCUT2D eigenvalue weighted by Crippen LogP contribution is -2.52. The Morgan fingerprint density at radius 3 is 1.35 bits per heavy atom. The second kappa shape index (κ2) is 14.6. The predicted molar refractivity (Wildman–Crippen MR) is 142 cm³/mol. The van der Waals surface area contributed by atoms with Gasteiger partial charge in [0.05, 0.1) is 27.4 Å². The van der Waals surface area contributed by atoms with Gasteiger partial charge >= 0.3 is 11.9 Å². The minimum Gasteiger partial charge on any atom is -0.496 e. The topological polar surface area (TPSA) is 130 Å². The molecule has 0 unspecified atom stereocenters. The fourth-order valence-corrected chi connectivity index (χ4v) is 3.96. The molecule has 3 rings (SSSR count). The Hall–Kier alpha value is -4.48. The zero-order valence-corrected chi connectivity index (χ0v) is 23.1. The van der Waals surface area contributed by atoms with Crippen molar-refractivity contribution in [2.24, 2.45) is 0 Å². The minimum atomic E-state index is -0.508. The summed E-state index contributed by atoms with van der Waals surface area (Å²) in [4.78, 5) is 52.6. The SMILES string of the molecule is CCOC(=O)c1ccc(OCC(=O)N2CCN(C(=O)COc3ccc(C(=O)OCC)c(OC)c3)CC2)cc1OC. The minimum absolute atomic E-state index is 0.206. The monoisotopic (exact) mass is 558 g/mol. The highest BCUT2D eigenvalue weighted by atomic mass is 16.5. The summed E-state index contributed by atoms with van der Waals surface area (Å²) in [6.45, 7) is 4.88. The molecule has 0 atom stereocenters. The van der Waals surface area contributed by atoms with Crippen molar-refractivity contribution in [3.8, 4) is 23.0 Å². The molecule has 0 radical (unpaired) electrons. The van der Waals surface area contributed by atoms with Crippen LogP contribution in [0.4, 0.5) is 0 Å². The molecule has 216 valence electrons. The van der Waals surface area contributed by atoms with Gasteiger partial charge in [-0.1, -0.05) is 0 Å². The van der Waals surface area contributed by atoms with Gasteiger partial charge in [-0.2, -0.15) is 0 Å². The van der Waals surface area contributed by atoms with Gasteiger partial charge < -0.3 is 38.2 Å². The van der Waals surface area contributed by atoms with Gasteiger partial charge in [0.15, 0.2) is 13.2 Å². The summed E-state index contributed by atoms with van der Waals surface area (Å²) in [6.07, 6.45) is 0. The average molecular weight is 559 g/mol. The van der Waals surface area contributed by atoms with Crippen LogP contribution < -0.4 is 18.9 Å². The van der Waals surface area contributed by atoms with Crippen molar-refractivity contribution in [3.05, 3.63) is 47.5 Å². The molecular formula is C28H34N2O10. The van der Waals surface area contributed by atoms with E-state index in [-0.39, 0.29) is 60.9 Å². The van der Waals surface area contributed by atoms with E-state index < -0.39 is 11.9 Å². The molecule has 0 N–H and O–H groups in total. The zero-order chi connectivity index (χ0) is 29.1. The third-order valence-electron chi connectivity index (χ3n) is 6.05. The normalized spacial score (nSPS) is 12.8. The summed E-state index contributed by atoms with van der Waals surface area (Å²) in [5.74, 6) is -0.168. The highest BCUT2D eigenvalue weighted by molar-refractivity contribution is 5.93. The molecule has 0 aromatic heterocycles. The van der Waals surface area contributed by atoms with E-state index in [0.717, 1.165) is 0 Å². The van der Waals surface area contributed by atoms with Crippen LogP contribution in [0.25, 0.3) is 0 Å². The largest absolute Gasteiger partial charge is 0.496 e. The van der Waals surface area contributed by atoms with E-state index in [1.54, 1.807) is 35.8 Å². The number of piperazine rings is 1. The number of hydrogen-bond acceptors (Lipinski definition) is 10. The maximum Gasteiger partial charge on any atom is 0.341 e. The standard InChI is InChI=1S/C28H34N2O10/c1-5-37-27(33)21-9-7-19(15-23(21)35-3)39-17-25(31)29-11-13-30(14-12-29)26(32)18-40-20-8-10-22(24(16-20)36-4)28(34)38-6-2/h7-10,15-16H,5-6,11-14,17-18H2,1-4H3. The molecular weight excluding hydrogens is 524 g/mol. The number of rotatable bonds is 12. The van der Waals surface area contributed by atoms with Crippen LogP contribution in [-0.2, 0) is 19.1 Å². The van der Waals surface area contributed by atoms with Crippen LogP contribution >= 0.6 is 0 Å². The fraction of sp³-hybridized carbons (Fsp3) is 0.429. The van der Waals surface area contributed by atoms with E-state index in [0.29, 0.717) is 37.7 Å². The van der Waals surface area contributed by atoms with Crippen LogP contribution in [0.3, 0.4) is 0 Å². The fourth-order valence-electron chi connectivity index (χ4n) is 3.96. The number of hydrogen-bond donors (Lipinski definition) is 0. The van der Waals surface area contributed by atoms with Gasteiger partial charge in [-0.3, -0.25) is 9.59 Å². The number of amides is 2. The van der Waals surface area contributed by atoms with Gasteiger partial charge in [-0.15, -0.1) is 0 Å². The van der Waals surface area contributed by atoms with Gasteiger partial charge in [0.2, 0.25) is 0 Å². The first-order chi connectivity index (χ1) is 19.3. The van der Waals surface area contributed by atoms with E-state index in [1.807, 2.05) is 0 Å². The van der Waals surface area contributed by atoms with Crippen LogP contribution in [0, 0.1) is 0 Å². The molecule has 0 aliphatic carbocycles. The number of nitrogens with zero attached hydrogens (tertiary/aromatic N) is 2. The van der Waals surface area contributed by atoms with E-state index >= 15 is 0 Å². The first-order valence-electron chi connectivity index (χ1n) is 12.8. The second-order valence-electron chi connectivity index (χ2n) is 8.50. The lowest BCUT2D eigenvalue weighted by Gasteiger charge is -2.34. The van der Waals surface area contributed by atoms with E-state index in [1.165, 1.54) is 38.5 Å². The Kier molecular flexibility index (Phi) is 11.0. The highest BCUT2D eigenvalue weighted by Crippen LogP contribution is 2.27. The van der Waals surface area contributed by atoms with Crippen molar-refractivity contribution in [3.63, 3.8) is 0 Å². The highest BCUT2D eigenvalue weighted by Gasteiger charge is 2.25. The molecule has 0 saturated carbocycles. The van der Waals surface area contributed by atoms with Crippen molar-refractivity contribution in [1.82, 2.24) is 9.80 Å². The molecule has 12 nitrogen and oxygen atoms in total. The lowest BCUT2D eigenvalue weighted by molar-refractivity contribution is -0.141. The number of esters is 2. The number of methoxy groups -OCH3 is 2. The van der Waals surface area contributed by atoms with Crippen LogP contribution in [-0.4, -0.2) is 100 Å². The Bertz CT molecular complexity index is 1110.